The molecule has 0 spiro atoms. The largest absolute Gasteiger partial charge is 0.383 e. The van der Waals surface area contributed by atoms with Crippen LogP contribution in [0.1, 0.15) is 15.9 Å². The van der Waals surface area contributed by atoms with Crippen LogP contribution < -0.4 is 4.18 Å². The van der Waals surface area contributed by atoms with Gasteiger partial charge in [0.15, 0.2) is 0 Å². The zero-order chi connectivity index (χ0) is 20.9. The molecule has 6 nitrogen and oxygen atoms in total. The summed E-state index contributed by atoms with van der Waals surface area (Å²) in [4.78, 5) is 14.8. The first-order chi connectivity index (χ1) is 13.9. The molecule has 0 unspecified atom stereocenters. The first-order valence-electron chi connectivity index (χ1n) is 9.11. The quantitative estimate of drug-likeness (QED) is 0.529. The van der Waals surface area contributed by atoms with Crippen LogP contribution in [0, 0.1) is 0 Å². The van der Waals surface area contributed by atoms with Crippen molar-refractivity contribution < 1.29 is 22.1 Å². The zero-order valence-electron chi connectivity index (χ0n) is 16.4. The van der Waals surface area contributed by atoms with Gasteiger partial charge < -0.3 is 13.8 Å². The van der Waals surface area contributed by atoms with Crippen LogP contribution >= 0.6 is 0 Å². The summed E-state index contributed by atoms with van der Waals surface area (Å²) in [5.41, 5.74) is 1.35. The first kappa shape index (κ1) is 20.8. The lowest BCUT2D eigenvalue weighted by molar-refractivity contribution is 0.0680. The number of carbonyl (C=O) groups excluding carboxylic acids is 1. The Hall–Kier alpha value is -2.90. The Balaban J connectivity index is 1.85. The van der Waals surface area contributed by atoms with Crippen molar-refractivity contribution in [2.45, 2.75) is 6.54 Å². The minimum absolute atomic E-state index is 0.123. The summed E-state index contributed by atoms with van der Waals surface area (Å²) in [6, 6.07) is 20.2. The van der Waals surface area contributed by atoms with Gasteiger partial charge in [-0.2, -0.15) is 8.42 Å². The molecule has 0 saturated heterocycles. The van der Waals surface area contributed by atoms with E-state index in [1.807, 2.05) is 48.5 Å². The van der Waals surface area contributed by atoms with Crippen LogP contribution in [-0.2, 0) is 21.4 Å². The van der Waals surface area contributed by atoms with Crippen molar-refractivity contribution in [2.24, 2.45) is 0 Å². The van der Waals surface area contributed by atoms with Crippen molar-refractivity contribution in [2.75, 3.05) is 26.5 Å². The minimum atomic E-state index is -3.62. The van der Waals surface area contributed by atoms with Crippen LogP contribution in [0.4, 0.5) is 0 Å². The van der Waals surface area contributed by atoms with Gasteiger partial charge in [0.05, 0.1) is 12.9 Å². The third-order valence-corrected chi connectivity index (χ3v) is 4.86. The highest BCUT2D eigenvalue weighted by molar-refractivity contribution is 7.86. The number of ether oxygens (including phenoxy) is 1. The molecule has 152 valence electrons. The standard InChI is InChI=1S/C22H23NO5S/c1-27-13-12-23(16-17-6-5-9-21(14-17)28-29(2,25)26)22(24)20-11-10-18-7-3-4-8-19(18)15-20/h3-11,14-15H,12-13,16H2,1-2H3. The maximum atomic E-state index is 13.2. The third-order valence-electron chi connectivity index (χ3n) is 4.37. The van der Waals surface area contributed by atoms with Crippen LogP contribution in [0.5, 0.6) is 5.75 Å². The second-order valence-corrected chi connectivity index (χ2v) is 8.29. The molecule has 0 fully saturated rings. The van der Waals surface area contributed by atoms with Crippen LogP contribution in [0.25, 0.3) is 10.8 Å². The van der Waals surface area contributed by atoms with Crippen LogP contribution in [0.3, 0.4) is 0 Å². The van der Waals surface area contributed by atoms with Gasteiger partial charge in [-0.25, -0.2) is 0 Å². The monoisotopic (exact) mass is 413 g/mol. The molecule has 0 saturated carbocycles. The molecule has 3 rings (SSSR count). The molecule has 29 heavy (non-hydrogen) atoms. The molecule has 1 amide bonds. The number of methoxy groups -OCH3 is 1. The molecule has 0 N–H and O–H groups in total. The summed E-state index contributed by atoms with van der Waals surface area (Å²) >= 11 is 0. The van der Waals surface area contributed by atoms with Gasteiger partial charge in [-0.3, -0.25) is 4.79 Å². The van der Waals surface area contributed by atoms with Gasteiger partial charge >= 0.3 is 10.1 Å². The highest BCUT2D eigenvalue weighted by Crippen LogP contribution is 2.20. The summed E-state index contributed by atoms with van der Waals surface area (Å²) < 4.78 is 32.8. The summed E-state index contributed by atoms with van der Waals surface area (Å²) in [7, 11) is -2.03. The molecular formula is C22H23NO5S. The van der Waals surface area contributed by atoms with Gasteiger partial charge in [0.2, 0.25) is 0 Å². The number of benzene rings is 3. The van der Waals surface area contributed by atoms with E-state index in [0.29, 0.717) is 25.3 Å². The average Bonchev–Trinajstić information content (AvgIpc) is 2.69. The Morgan fingerprint density at radius 2 is 1.72 bits per heavy atom. The fourth-order valence-corrected chi connectivity index (χ4v) is 3.50. The molecule has 0 aliphatic heterocycles. The van der Waals surface area contributed by atoms with E-state index in [1.54, 1.807) is 30.2 Å². The number of carbonyl (C=O) groups is 1. The SMILES string of the molecule is COCCN(Cc1cccc(OS(C)(=O)=O)c1)C(=O)c1ccc2ccccc2c1. The minimum Gasteiger partial charge on any atom is -0.383 e. The van der Waals surface area contributed by atoms with Gasteiger partial charge in [-0.15, -0.1) is 0 Å². The van der Waals surface area contributed by atoms with E-state index in [9.17, 15) is 13.2 Å². The van der Waals surface area contributed by atoms with Crippen LogP contribution in [0.15, 0.2) is 66.7 Å². The van der Waals surface area contributed by atoms with Gasteiger partial charge in [-0.1, -0.05) is 42.5 Å². The van der Waals surface area contributed by atoms with E-state index in [4.69, 9.17) is 8.92 Å². The van der Waals surface area contributed by atoms with E-state index >= 15 is 0 Å². The third kappa shape index (κ3) is 5.79. The van der Waals surface area contributed by atoms with Gasteiger partial charge in [0, 0.05) is 25.8 Å². The maximum Gasteiger partial charge on any atom is 0.306 e. The second-order valence-electron chi connectivity index (χ2n) is 6.72. The Bertz CT molecular complexity index is 1110. The van der Waals surface area contributed by atoms with E-state index in [1.165, 1.54) is 0 Å². The molecule has 0 aromatic heterocycles. The van der Waals surface area contributed by atoms with Gasteiger partial charge in [0.25, 0.3) is 5.91 Å². The van der Waals surface area contributed by atoms with E-state index < -0.39 is 10.1 Å². The number of nitrogens with zero attached hydrogens (tertiary/aromatic N) is 1. The van der Waals surface area contributed by atoms with E-state index in [-0.39, 0.29) is 11.7 Å². The number of hydrogen-bond acceptors (Lipinski definition) is 5. The van der Waals surface area contributed by atoms with Crippen molar-refractivity contribution in [1.82, 2.24) is 4.90 Å². The smallest absolute Gasteiger partial charge is 0.306 e. The number of amides is 1. The first-order valence-corrected chi connectivity index (χ1v) is 10.9. The fourth-order valence-electron chi connectivity index (χ4n) is 3.05. The summed E-state index contributed by atoms with van der Waals surface area (Å²) in [6.45, 7) is 1.09. The summed E-state index contributed by atoms with van der Waals surface area (Å²) in [6.07, 6.45) is 0.994. The van der Waals surface area contributed by atoms with Crippen LogP contribution in [0.2, 0.25) is 0 Å². The molecule has 7 heteroatoms. The maximum absolute atomic E-state index is 13.2. The summed E-state index contributed by atoms with van der Waals surface area (Å²) in [5.74, 6) is 0.0945. The molecule has 0 radical (unpaired) electrons. The predicted octanol–water partition coefficient (Wildman–Crippen LogP) is 3.47. The Labute approximate surface area is 170 Å². The van der Waals surface area contributed by atoms with Crippen molar-refractivity contribution in [3.05, 3.63) is 77.9 Å². The predicted molar refractivity (Wildman–Crippen MR) is 112 cm³/mol. The summed E-state index contributed by atoms with van der Waals surface area (Å²) in [5, 5.41) is 2.06. The zero-order valence-corrected chi connectivity index (χ0v) is 17.2. The normalized spacial score (nSPS) is 11.4. The van der Waals surface area contributed by atoms with Gasteiger partial charge in [0.1, 0.15) is 5.75 Å². The Morgan fingerprint density at radius 1 is 0.966 bits per heavy atom. The van der Waals surface area contributed by atoms with Crippen molar-refractivity contribution >= 4 is 26.8 Å². The fraction of sp³-hybridized carbons (Fsp3) is 0.227. The molecule has 0 aliphatic carbocycles. The molecule has 0 atom stereocenters. The second kappa shape index (κ2) is 9.07. The Kier molecular flexibility index (Phi) is 6.51. The number of fused-ring (bicyclic) bond motifs is 1. The molecular weight excluding hydrogens is 390 g/mol. The highest BCUT2D eigenvalue weighted by Gasteiger charge is 2.17. The lowest BCUT2D eigenvalue weighted by atomic mass is 10.1. The van der Waals surface area contributed by atoms with E-state index in [0.717, 1.165) is 22.6 Å². The molecule has 3 aromatic carbocycles. The van der Waals surface area contributed by atoms with E-state index in [2.05, 4.69) is 0 Å². The van der Waals surface area contributed by atoms with Crippen molar-refractivity contribution in [3.8, 4) is 5.75 Å². The highest BCUT2D eigenvalue weighted by atomic mass is 32.2. The van der Waals surface area contributed by atoms with Crippen molar-refractivity contribution in [3.63, 3.8) is 0 Å². The Morgan fingerprint density at radius 3 is 2.45 bits per heavy atom. The molecule has 3 aromatic rings. The number of rotatable bonds is 8. The lowest BCUT2D eigenvalue weighted by Gasteiger charge is -2.23. The molecule has 0 heterocycles. The number of hydrogen-bond donors (Lipinski definition) is 0. The lowest BCUT2D eigenvalue weighted by Crippen LogP contribution is -2.33. The van der Waals surface area contributed by atoms with Crippen LogP contribution in [-0.4, -0.2) is 45.7 Å². The average molecular weight is 413 g/mol. The molecule has 0 aliphatic rings. The topological polar surface area (TPSA) is 72.9 Å². The van der Waals surface area contributed by atoms with Gasteiger partial charge in [-0.05, 0) is 40.6 Å². The van der Waals surface area contributed by atoms with Crippen molar-refractivity contribution in [1.29, 1.82) is 0 Å². The molecule has 0 bridgehead atoms.